The van der Waals surface area contributed by atoms with Crippen LogP contribution in [0.4, 0.5) is 17.2 Å². The van der Waals surface area contributed by atoms with Gasteiger partial charge in [0.1, 0.15) is 11.6 Å². The van der Waals surface area contributed by atoms with E-state index in [0.29, 0.717) is 56.0 Å². The smallest absolute Gasteiger partial charge is 0.296 e. The fourth-order valence-corrected chi connectivity index (χ4v) is 6.41. The van der Waals surface area contributed by atoms with E-state index in [2.05, 4.69) is 6.07 Å². The zero-order valence-electron chi connectivity index (χ0n) is 21.1. The van der Waals surface area contributed by atoms with E-state index in [4.69, 9.17) is 14.7 Å². The molecule has 0 saturated carbocycles. The molecule has 204 valence electrons. The van der Waals surface area contributed by atoms with E-state index in [1.165, 1.54) is 0 Å². The largest absolute Gasteiger partial charge is 0.378 e. The molecular weight excluding hydrogens is 528 g/mol. The molecule has 3 heterocycles. The molecule has 13 nitrogen and oxygen atoms in total. The number of hydrogen-bond donors (Lipinski definition) is 0. The molecule has 14 heteroatoms. The Labute approximate surface area is 224 Å². The molecule has 1 saturated heterocycles. The number of morpholine rings is 1. The highest BCUT2D eigenvalue weighted by atomic mass is 32.2. The van der Waals surface area contributed by atoms with Gasteiger partial charge in [-0.05, 0) is 18.6 Å². The minimum atomic E-state index is -4.36. The highest BCUT2D eigenvalue weighted by molar-refractivity contribution is 7.89. The first-order chi connectivity index (χ1) is 18.6. The molecule has 2 aliphatic heterocycles. The lowest BCUT2D eigenvalue weighted by molar-refractivity contribution is -0.396. The minimum Gasteiger partial charge on any atom is -0.378 e. The van der Waals surface area contributed by atoms with Crippen LogP contribution < -0.4 is 4.90 Å². The van der Waals surface area contributed by atoms with E-state index in [1.807, 2.05) is 30.0 Å². The van der Waals surface area contributed by atoms with E-state index in [-0.39, 0.29) is 19.5 Å². The molecule has 0 radical (unpaired) electrons. The second kappa shape index (κ2) is 10.6. The first-order valence-corrected chi connectivity index (χ1v) is 13.8. The van der Waals surface area contributed by atoms with Crippen molar-refractivity contribution in [3.63, 3.8) is 0 Å². The van der Waals surface area contributed by atoms with Gasteiger partial charge in [0.05, 0.1) is 34.8 Å². The minimum absolute atomic E-state index is 0.0485. The Bertz CT molecular complexity index is 1560. The highest BCUT2D eigenvalue weighted by Crippen LogP contribution is 2.35. The van der Waals surface area contributed by atoms with Gasteiger partial charge in [-0.1, -0.05) is 29.8 Å². The maximum absolute atomic E-state index is 13.6. The number of anilines is 1. The number of nitro groups is 2. The van der Waals surface area contributed by atoms with Crippen LogP contribution in [0.1, 0.15) is 28.2 Å². The molecule has 0 atom stereocenters. The van der Waals surface area contributed by atoms with Crippen molar-refractivity contribution in [2.45, 2.75) is 31.2 Å². The van der Waals surface area contributed by atoms with E-state index >= 15 is 0 Å². The Hall–Kier alpha value is -4.01. The molecule has 0 N–H and O–H groups in total. The Morgan fingerprint density at radius 3 is 2.46 bits per heavy atom. The summed E-state index contributed by atoms with van der Waals surface area (Å²) in [5.41, 5.74) is 2.17. The average Bonchev–Trinajstić information content (AvgIpc) is 2.92. The molecule has 1 fully saturated rings. The number of fused-ring (bicyclic) bond motifs is 1. The van der Waals surface area contributed by atoms with Crippen molar-refractivity contribution >= 4 is 27.2 Å². The van der Waals surface area contributed by atoms with Crippen LogP contribution in [0.3, 0.4) is 0 Å². The van der Waals surface area contributed by atoms with Crippen molar-refractivity contribution < 1.29 is 23.0 Å². The van der Waals surface area contributed by atoms with E-state index < -0.39 is 36.1 Å². The molecule has 0 unspecified atom stereocenters. The quantitative estimate of drug-likeness (QED) is 0.313. The van der Waals surface area contributed by atoms with Crippen LogP contribution in [0.25, 0.3) is 0 Å². The number of nitrogens with zero attached hydrogens (tertiary/aromatic N) is 6. The Kier molecular flexibility index (Phi) is 7.25. The number of rotatable bonds is 7. The fourth-order valence-electron chi connectivity index (χ4n) is 4.87. The molecule has 0 spiro atoms. The normalized spacial score (nSPS) is 16.1. The van der Waals surface area contributed by atoms with Crippen LogP contribution >= 0.6 is 0 Å². The van der Waals surface area contributed by atoms with Gasteiger partial charge in [-0.3, -0.25) is 20.2 Å². The van der Waals surface area contributed by atoms with Crippen LogP contribution in [-0.4, -0.2) is 65.4 Å². The molecule has 0 aliphatic carbocycles. The van der Waals surface area contributed by atoms with E-state index in [0.717, 1.165) is 33.3 Å². The molecule has 0 bridgehead atoms. The molecular formula is C25H26N6O7S. The van der Waals surface area contributed by atoms with Gasteiger partial charge < -0.3 is 9.64 Å². The second-order valence-electron chi connectivity index (χ2n) is 9.41. The number of sulfonamides is 1. The number of aryl methyl sites for hydroxylation is 1. The average molecular weight is 555 g/mol. The van der Waals surface area contributed by atoms with Gasteiger partial charge in [-0.2, -0.15) is 4.31 Å². The lowest BCUT2D eigenvalue weighted by Crippen LogP contribution is -2.41. The van der Waals surface area contributed by atoms with Crippen molar-refractivity contribution in [2.75, 3.05) is 37.7 Å². The maximum Gasteiger partial charge on any atom is 0.296 e. The summed E-state index contributed by atoms with van der Waals surface area (Å²) in [7, 11) is -4.36. The van der Waals surface area contributed by atoms with Crippen molar-refractivity contribution in [1.29, 1.82) is 0 Å². The molecule has 0 amide bonds. The summed E-state index contributed by atoms with van der Waals surface area (Å²) < 4.78 is 33.9. The Morgan fingerprint density at radius 2 is 1.77 bits per heavy atom. The van der Waals surface area contributed by atoms with Crippen LogP contribution in [-0.2, 0) is 34.1 Å². The standard InChI is InChI=1S/C25H26N6O7S/c1-17-3-2-4-18(13-17)14-24-26-21-7-8-29(16-20(21)25(27-24)28-9-11-38-12-10-28)39(36,37)23-6-5-19(30(32)33)15-22(23)31(34)35/h2-6,13,15H,7-12,14,16H2,1H3. The molecule has 1 aromatic heterocycles. The third-order valence-electron chi connectivity index (χ3n) is 6.77. The molecule has 2 aliphatic rings. The van der Waals surface area contributed by atoms with E-state index in [9.17, 15) is 28.6 Å². The molecule has 39 heavy (non-hydrogen) atoms. The van der Waals surface area contributed by atoms with Crippen LogP contribution in [0, 0.1) is 27.2 Å². The number of non-ortho nitro benzene ring substituents is 1. The predicted octanol–water partition coefficient (Wildman–Crippen LogP) is 2.78. The number of hydrogen-bond acceptors (Lipinski definition) is 10. The summed E-state index contributed by atoms with van der Waals surface area (Å²) in [6.45, 7) is 4.14. The fraction of sp³-hybridized carbons (Fsp3) is 0.360. The third-order valence-corrected chi connectivity index (χ3v) is 8.67. The zero-order chi connectivity index (χ0) is 27.7. The topological polar surface area (TPSA) is 162 Å². The number of nitro benzene ring substituents is 2. The summed E-state index contributed by atoms with van der Waals surface area (Å²) in [6, 6.07) is 10.6. The summed E-state index contributed by atoms with van der Waals surface area (Å²) >= 11 is 0. The molecule has 5 rings (SSSR count). The first-order valence-electron chi connectivity index (χ1n) is 12.3. The first kappa shape index (κ1) is 26.6. The zero-order valence-corrected chi connectivity index (χ0v) is 22.0. The van der Waals surface area contributed by atoms with Crippen LogP contribution in [0.2, 0.25) is 0 Å². The SMILES string of the molecule is Cc1cccc(Cc2nc3c(c(N4CCOCC4)n2)CN(S(=O)(=O)c2ccc([N+](=O)[O-])cc2[N+](=O)[O-])CC3)c1. The Balaban J connectivity index is 1.52. The van der Waals surface area contributed by atoms with Gasteiger partial charge in [0.25, 0.3) is 11.4 Å². The van der Waals surface area contributed by atoms with Gasteiger partial charge in [-0.25, -0.2) is 18.4 Å². The summed E-state index contributed by atoms with van der Waals surface area (Å²) in [4.78, 5) is 32.1. The lowest BCUT2D eigenvalue weighted by Gasteiger charge is -2.34. The monoisotopic (exact) mass is 554 g/mol. The van der Waals surface area contributed by atoms with Crippen molar-refractivity contribution in [2.24, 2.45) is 0 Å². The van der Waals surface area contributed by atoms with Crippen LogP contribution in [0.15, 0.2) is 47.4 Å². The Morgan fingerprint density at radius 1 is 1.00 bits per heavy atom. The number of aromatic nitrogens is 2. The van der Waals surface area contributed by atoms with Gasteiger partial charge in [-0.15, -0.1) is 0 Å². The van der Waals surface area contributed by atoms with Gasteiger partial charge in [0.2, 0.25) is 10.0 Å². The van der Waals surface area contributed by atoms with Gasteiger partial charge >= 0.3 is 0 Å². The number of benzene rings is 2. The number of ether oxygens (including phenoxy) is 1. The molecule has 3 aromatic rings. The predicted molar refractivity (Wildman–Crippen MR) is 140 cm³/mol. The maximum atomic E-state index is 13.6. The molecule has 2 aromatic carbocycles. The summed E-state index contributed by atoms with van der Waals surface area (Å²) in [5.74, 6) is 1.26. The second-order valence-corrected chi connectivity index (χ2v) is 11.3. The van der Waals surface area contributed by atoms with Crippen LogP contribution in [0.5, 0.6) is 0 Å². The van der Waals surface area contributed by atoms with Gasteiger partial charge in [0, 0.05) is 50.7 Å². The van der Waals surface area contributed by atoms with Crippen molar-refractivity contribution in [1.82, 2.24) is 14.3 Å². The lowest BCUT2D eigenvalue weighted by atomic mass is 10.1. The highest BCUT2D eigenvalue weighted by Gasteiger charge is 2.37. The summed E-state index contributed by atoms with van der Waals surface area (Å²) in [6.07, 6.45) is 0.805. The third kappa shape index (κ3) is 5.44. The van der Waals surface area contributed by atoms with Crippen molar-refractivity contribution in [3.8, 4) is 0 Å². The van der Waals surface area contributed by atoms with E-state index in [1.54, 1.807) is 0 Å². The summed E-state index contributed by atoms with van der Waals surface area (Å²) in [5, 5.41) is 22.8. The van der Waals surface area contributed by atoms with Crippen molar-refractivity contribution in [3.05, 3.63) is 90.9 Å². The van der Waals surface area contributed by atoms with Gasteiger partial charge in [0.15, 0.2) is 4.90 Å².